The highest BCUT2D eigenvalue weighted by molar-refractivity contribution is 7.09. The van der Waals surface area contributed by atoms with E-state index < -0.39 is 6.04 Å². The lowest BCUT2D eigenvalue weighted by molar-refractivity contribution is -0.120. The van der Waals surface area contributed by atoms with Gasteiger partial charge in [0.25, 0.3) is 0 Å². The molecule has 0 saturated heterocycles. The zero-order valence-electron chi connectivity index (χ0n) is 9.67. The van der Waals surface area contributed by atoms with E-state index in [9.17, 15) is 4.79 Å². The molecule has 0 amide bonds. The number of rotatable bonds is 5. The van der Waals surface area contributed by atoms with Crippen LogP contribution in [0.1, 0.15) is 22.9 Å². The molecule has 2 rings (SSSR count). The molecule has 0 aliphatic rings. The van der Waals surface area contributed by atoms with Gasteiger partial charge in [0.2, 0.25) is 0 Å². The van der Waals surface area contributed by atoms with Crippen molar-refractivity contribution in [3.8, 4) is 0 Å². The van der Waals surface area contributed by atoms with Gasteiger partial charge < -0.3 is 5.73 Å². The van der Waals surface area contributed by atoms with Crippen LogP contribution in [0.25, 0.3) is 0 Å². The largest absolute Gasteiger partial charge is 0.318 e. The molecule has 0 aliphatic carbocycles. The summed E-state index contributed by atoms with van der Waals surface area (Å²) in [6.07, 6.45) is 4.68. The van der Waals surface area contributed by atoms with Gasteiger partial charge in [0.15, 0.2) is 5.78 Å². The molecule has 17 heavy (non-hydrogen) atoms. The summed E-state index contributed by atoms with van der Waals surface area (Å²) < 4.78 is 1.65. The lowest BCUT2D eigenvalue weighted by atomic mass is 10.0. The van der Waals surface area contributed by atoms with Crippen LogP contribution in [0.2, 0.25) is 0 Å². The van der Waals surface area contributed by atoms with E-state index in [1.807, 2.05) is 24.6 Å². The van der Waals surface area contributed by atoms with Crippen LogP contribution >= 0.6 is 11.3 Å². The highest BCUT2D eigenvalue weighted by Gasteiger charge is 2.16. The number of carbonyl (C=O) groups excluding carboxylic acids is 1. The van der Waals surface area contributed by atoms with Crippen LogP contribution in [-0.2, 0) is 18.3 Å². The zero-order valence-corrected chi connectivity index (χ0v) is 10.5. The second-order valence-electron chi connectivity index (χ2n) is 3.97. The van der Waals surface area contributed by atoms with Crippen molar-refractivity contribution in [2.45, 2.75) is 18.9 Å². The number of Topliss-reactive ketones (excluding diaryl/α,β-unsaturated/α-hetero) is 1. The van der Waals surface area contributed by atoms with E-state index in [-0.39, 0.29) is 5.78 Å². The number of nitrogens with zero attached hydrogens (tertiary/aromatic N) is 2. The number of hydrogen-bond acceptors (Lipinski definition) is 4. The molecule has 2 aromatic rings. The van der Waals surface area contributed by atoms with Gasteiger partial charge in [-0.2, -0.15) is 5.10 Å². The van der Waals surface area contributed by atoms with E-state index in [2.05, 4.69) is 5.10 Å². The number of carbonyl (C=O) groups is 1. The van der Waals surface area contributed by atoms with Gasteiger partial charge in [-0.3, -0.25) is 9.48 Å². The molecule has 2 N–H and O–H groups in total. The number of aromatic nitrogens is 2. The minimum Gasteiger partial charge on any atom is -0.318 e. The fraction of sp³-hybridized carbons (Fsp3) is 0.333. The third kappa shape index (κ3) is 3.01. The first-order chi connectivity index (χ1) is 8.16. The fourth-order valence-electron chi connectivity index (χ4n) is 1.64. The molecule has 5 heteroatoms. The normalized spacial score (nSPS) is 12.6. The van der Waals surface area contributed by atoms with Gasteiger partial charge in [-0.25, -0.2) is 0 Å². The van der Waals surface area contributed by atoms with E-state index in [0.717, 1.165) is 12.0 Å². The van der Waals surface area contributed by atoms with Crippen LogP contribution < -0.4 is 5.73 Å². The Morgan fingerprint density at radius 3 is 3.06 bits per heavy atom. The Morgan fingerprint density at radius 1 is 1.65 bits per heavy atom. The Kier molecular flexibility index (Phi) is 3.71. The van der Waals surface area contributed by atoms with E-state index in [4.69, 9.17) is 5.73 Å². The molecular formula is C12H15N3OS. The smallest absolute Gasteiger partial charge is 0.154 e. The molecule has 0 saturated carbocycles. The first-order valence-corrected chi connectivity index (χ1v) is 6.34. The Hall–Kier alpha value is -1.46. The van der Waals surface area contributed by atoms with Crippen LogP contribution in [0, 0.1) is 0 Å². The van der Waals surface area contributed by atoms with Crippen molar-refractivity contribution in [3.63, 3.8) is 0 Å². The Bertz CT molecular complexity index is 490. The molecule has 0 aliphatic heterocycles. The molecule has 0 fully saturated rings. The van der Waals surface area contributed by atoms with Crippen LogP contribution in [0.3, 0.4) is 0 Å². The van der Waals surface area contributed by atoms with Crippen LogP contribution in [0.5, 0.6) is 0 Å². The van der Waals surface area contributed by atoms with Crippen LogP contribution in [0.4, 0.5) is 0 Å². The summed E-state index contributed by atoms with van der Waals surface area (Å²) in [7, 11) is 1.81. The molecule has 2 heterocycles. The van der Waals surface area contributed by atoms with Gasteiger partial charge >= 0.3 is 0 Å². The minimum atomic E-state index is -0.552. The fourth-order valence-corrected chi connectivity index (χ4v) is 2.35. The summed E-state index contributed by atoms with van der Waals surface area (Å²) in [5.41, 5.74) is 6.67. The first-order valence-electron chi connectivity index (χ1n) is 5.46. The summed E-state index contributed by atoms with van der Waals surface area (Å²) >= 11 is 1.67. The third-order valence-corrected chi connectivity index (χ3v) is 3.56. The molecule has 2 aromatic heterocycles. The number of ketones is 1. The van der Waals surface area contributed by atoms with Crippen molar-refractivity contribution in [3.05, 3.63) is 40.3 Å². The summed E-state index contributed by atoms with van der Waals surface area (Å²) in [5.74, 6) is 0.0615. The van der Waals surface area contributed by atoms with Gasteiger partial charge in [0, 0.05) is 30.1 Å². The average Bonchev–Trinajstić information content (AvgIpc) is 2.95. The van der Waals surface area contributed by atoms with Gasteiger partial charge in [0.05, 0.1) is 12.2 Å². The van der Waals surface area contributed by atoms with Crippen molar-refractivity contribution >= 4 is 17.1 Å². The molecule has 1 unspecified atom stereocenters. The number of hydrogen-bond donors (Lipinski definition) is 1. The quantitative estimate of drug-likeness (QED) is 0.877. The predicted octanol–water partition coefficient (Wildman–Crippen LogP) is 1.68. The summed E-state index contributed by atoms with van der Waals surface area (Å²) in [6, 6.07) is 3.47. The lowest BCUT2D eigenvalue weighted by Gasteiger charge is -2.07. The van der Waals surface area contributed by atoms with Crippen molar-refractivity contribution in [2.75, 3.05) is 0 Å². The Morgan fingerprint density at radius 2 is 2.47 bits per heavy atom. The van der Waals surface area contributed by atoms with Crippen LogP contribution in [-0.4, -0.2) is 15.6 Å². The zero-order chi connectivity index (χ0) is 12.3. The van der Waals surface area contributed by atoms with Crippen molar-refractivity contribution in [1.29, 1.82) is 0 Å². The minimum absolute atomic E-state index is 0.0615. The number of aryl methyl sites for hydroxylation is 2. The lowest BCUT2D eigenvalue weighted by Crippen LogP contribution is -2.21. The second-order valence-corrected chi connectivity index (χ2v) is 5.00. The molecule has 4 nitrogen and oxygen atoms in total. The molecule has 0 bridgehead atoms. The standard InChI is InChI=1S/C12H15N3OS/c1-15-8-9(7-14-15)12(13)11(16)5-4-10-3-2-6-17-10/h2-3,6-8,12H,4-5,13H2,1H3. The second kappa shape index (κ2) is 5.25. The van der Waals surface area contributed by atoms with Crippen molar-refractivity contribution in [2.24, 2.45) is 12.8 Å². The first kappa shape index (κ1) is 12.0. The van der Waals surface area contributed by atoms with Crippen molar-refractivity contribution < 1.29 is 4.79 Å². The van der Waals surface area contributed by atoms with Gasteiger partial charge in [-0.1, -0.05) is 6.07 Å². The molecule has 0 spiro atoms. The third-order valence-electron chi connectivity index (χ3n) is 2.63. The number of nitrogens with two attached hydrogens (primary N) is 1. The van der Waals surface area contributed by atoms with E-state index in [1.54, 1.807) is 28.4 Å². The van der Waals surface area contributed by atoms with E-state index in [1.165, 1.54) is 4.88 Å². The van der Waals surface area contributed by atoms with Crippen LogP contribution in [0.15, 0.2) is 29.9 Å². The Balaban J connectivity index is 1.91. The summed E-state index contributed by atoms with van der Waals surface area (Å²) in [6.45, 7) is 0. The monoisotopic (exact) mass is 249 g/mol. The maximum absolute atomic E-state index is 11.9. The van der Waals surface area contributed by atoms with Gasteiger partial charge in [0.1, 0.15) is 0 Å². The van der Waals surface area contributed by atoms with E-state index >= 15 is 0 Å². The molecular weight excluding hydrogens is 234 g/mol. The van der Waals surface area contributed by atoms with Gasteiger partial charge in [-0.15, -0.1) is 11.3 Å². The highest BCUT2D eigenvalue weighted by atomic mass is 32.1. The molecule has 0 aromatic carbocycles. The SMILES string of the molecule is Cn1cc(C(N)C(=O)CCc2cccs2)cn1. The number of thiophene rings is 1. The average molecular weight is 249 g/mol. The highest BCUT2D eigenvalue weighted by Crippen LogP contribution is 2.15. The maximum atomic E-state index is 11.9. The van der Waals surface area contributed by atoms with Crippen molar-refractivity contribution in [1.82, 2.24) is 9.78 Å². The molecule has 1 atom stereocenters. The summed E-state index contributed by atoms with van der Waals surface area (Å²) in [5, 5.41) is 6.03. The molecule has 0 radical (unpaired) electrons. The Labute approximate surface area is 104 Å². The topological polar surface area (TPSA) is 60.9 Å². The summed E-state index contributed by atoms with van der Waals surface area (Å²) in [4.78, 5) is 13.1. The van der Waals surface area contributed by atoms with Gasteiger partial charge in [-0.05, 0) is 17.9 Å². The maximum Gasteiger partial charge on any atom is 0.154 e. The van der Waals surface area contributed by atoms with E-state index in [0.29, 0.717) is 6.42 Å². The molecule has 90 valence electrons. The predicted molar refractivity (Wildman–Crippen MR) is 67.8 cm³/mol.